The number of amides is 2. The monoisotopic (exact) mass is 569 g/mol. The van der Waals surface area contributed by atoms with Gasteiger partial charge in [0, 0.05) is 5.56 Å². The molecule has 0 N–H and O–H groups in total. The van der Waals surface area contributed by atoms with Gasteiger partial charge in [-0.3, -0.25) is 19.3 Å². The van der Waals surface area contributed by atoms with E-state index in [9.17, 15) is 9.59 Å². The summed E-state index contributed by atoms with van der Waals surface area (Å²) in [6, 6.07) is 28.0. The first kappa shape index (κ1) is 24.7. The predicted molar refractivity (Wildman–Crippen MR) is 163 cm³/mol. The van der Waals surface area contributed by atoms with Crippen LogP contribution in [0.5, 0.6) is 0 Å². The zero-order valence-corrected chi connectivity index (χ0v) is 23.6. The Labute approximate surface area is 244 Å². The summed E-state index contributed by atoms with van der Waals surface area (Å²) in [6.07, 6.45) is 0. The summed E-state index contributed by atoms with van der Waals surface area (Å²) in [5.74, 6) is -1.09. The number of benzene rings is 4. The second kappa shape index (κ2) is 8.71. The maximum absolute atomic E-state index is 15.0. The molecule has 2 aromatic heterocycles. The molecular weight excluding hydrogens is 546 g/mol. The Hall–Kier alpha value is -5.08. The Balaban J connectivity index is 1.44. The molecule has 1 spiro atoms. The maximum Gasteiger partial charge on any atom is 0.297 e. The van der Waals surface area contributed by atoms with E-state index in [2.05, 4.69) is 0 Å². The molecule has 4 heterocycles. The number of thiazole rings is 1. The Morgan fingerprint density at radius 2 is 1.60 bits per heavy atom. The number of rotatable bonds is 3. The molecule has 0 fully saturated rings. The number of aryl methyl sites for hydroxylation is 2. The lowest BCUT2D eigenvalue weighted by atomic mass is 9.84. The summed E-state index contributed by atoms with van der Waals surface area (Å²) in [5.41, 5.74) is 3.13. The maximum atomic E-state index is 15.0. The quantitative estimate of drug-likeness (QED) is 0.244. The number of carbonyl (C=O) groups excluding carboxylic acids is 2. The van der Waals surface area contributed by atoms with Gasteiger partial charge in [0.2, 0.25) is 5.76 Å². The first-order valence-corrected chi connectivity index (χ1v) is 14.4. The van der Waals surface area contributed by atoms with Gasteiger partial charge in [0.1, 0.15) is 5.58 Å². The van der Waals surface area contributed by atoms with Crippen LogP contribution < -0.4 is 15.2 Å². The van der Waals surface area contributed by atoms with Crippen LogP contribution in [-0.4, -0.2) is 16.8 Å². The van der Waals surface area contributed by atoms with Crippen LogP contribution >= 0.6 is 11.3 Å². The topological polar surface area (TPSA) is 83.7 Å². The van der Waals surface area contributed by atoms with Crippen molar-refractivity contribution in [2.45, 2.75) is 25.9 Å². The van der Waals surface area contributed by atoms with Crippen LogP contribution in [0.1, 0.15) is 38.4 Å². The van der Waals surface area contributed by atoms with Crippen LogP contribution in [0.15, 0.2) is 100 Å². The third-order valence-corrected chi connectivity index (χ3v) is 9.22. The SMILES string of the molecule is Cc1ccc(CN2C(=O)C3(c4ccccc42)c2c(oc4ccccc4c2=O)C(=O)N3c2nc3ccc(C)cc3s2)cc1. The number of carbonyl (C=O) groups is 2. The van der Waals surface area contributed by atoms with Crippen molar-refractivity contribution in [3.8, 4) is 0 Å². The van der Waals surface area contributed by atoms with Crippen LogP contribution in [0.25, 0.3) is 21.2 Å². The molecule has 6 aromatic rings. The summed E-state index contributed by atoms with van der Waals surface area (Å²) in [6.45, 7) is 4.27. The average molecular weight is 570 g/mol. The molecular formula is C34H23N3O4S. The van der Waals surface area contributed by atoms with E-state index in [1.165, 1.54) is 16.2 Å². The van der Waals surface area contributed by atoms with E-state index < -0.39 is 22.8 Å². The summed E-state index contributed by atoms with van der Waals surface area (Å²) in [7, 11) is 0. The van der Waals surface area contributed by atoms with Crippen LogP contribution in [0.3, 0.4) is 0 Å². The number of hydrogen-bond donors (Lipinski definition) is 0. The number of nitrogens with zero attached hydrogens (tertiary/aromatic N) is 3. The molecule has 0 saturated carbocycles. The highest BCUT2D eigenvalue weighted by Crippen LogP contribution is 2.55. The number of anilines is 2. The molecule has 1 unspecified atom stereocenters. The molecule has 2 aliphatic rings. The zero-order chi connectivity index (χ0) is 28.7. The van der Waals surface area contributed by atoms with Crippen LogP contribution in [0, 0.1) is 13.8 Å². The van der Waals surface area contributed by atoms with E-state index in [-0.39, 0.29) is 17.9 Å². The highest BCUT2D eigenvalue weighted by molar-refractivity contribution is 7.22. The predicted octanol–water partition coefficient (Wildman–Crippen LogP) is 6.47. The number of para-hydroxylation sites is 2. The molecule has 0 saturated heterocycles. The Morgan fingerprint density at radius 1 is 0.857 bits per heavy atom. The summed E-state index contributed by atoms with van der Waals surface area (Å²) in [5, 5.41) is 0.642. The molecule has 0 aliphatic carbocycles. The molecule has 0 bridgehead atoms. The normalized spacial score (nSPS) is 17.6. The molecule has 2 aliphatic heterocycles. The lowest BCUT2D eigenvalue weighted by Crippen LogP contribution is -2.53. The lowest BCUT2D eigenvalue weighted by molar-refractivity contribution is -0.121. The van der Waals surface area contributed by atoms with E-state index in [1.54, 1.807) is 29.2 Å². The van der Waals surface area contributed by atoms with Crippen molar-refractivity contribution >= 4 is 55.2 Å². The van der Waals surface area contributed by atoms with E-state index >= 15 is 4.79 Å². The molecule has 4 aromatic carbocycles. The van der Waals surface area contributed by atoms with Crippen molar-refractivity contribution < 1.29 is 14.0 Å². The number of hydrogen-bond acceptors (Lipinski definition) is 6. The lowest BCUT2D eigenvalue weighted by Gasteiger charge is -2.32. The van der Waals surface area contributed by atoms with Crippen LogP contribution in [0.2, 0.25) is 0 Å². The van der Waals surface area contributed by atoms with Crippen molar-refractivity contribution in [1.29, 1.82) is 0 Å². The largest absolute Gasteiger partial charge is 0.450 e. The summed E-state index contributed by atoms with van der Waals surface area (Å²) >= 11 is 1.32. The fourth-order valence-corrected chi connectivity index (χ4v) is 7.37. The Bertz CT molecular complexity index is 2180. The van der Waals surface area contributed by atoms with E-state index in [0.717, 1.165) is 21.4 Å². The second-order valence-corrected chi connectivity index (χ2v) is 11.9. The Kier molecular flexibility index (Phi) is 5.12. The molecule has 7 nitrogen and oxygen atoms in total. The molecule has 1 atom stereocenters. The van der Waals surface area contributed by atoms with Gasteiger partial charge in [0.25, 0.3) is 11.8 Å². The highest BCUT2D eigenvalue weighted by Gasteiger charge is 2.66. The fraction of sp³-hybridized carbons (Fsp3) is 0.118. The minimum atomic E-state index is -1.78. The van der Waals surface area contributed by atoms with Gasteiger partial charge in [-0.05, 0) is 55.3 Å². The summed E-state index contributed by atoms with van der Waals surface area (Å²) in [4.78, 5) is 51.7. The molecule has 0 radical (unpaired) electrons. The molecule has 8 rings (SSSR count). The molecule has 8 heteroatoms. The first-order chi connectivity index (χ1) is 20.4. The first-order valence-electron chi connectivity index (χ1n) is 13.6. The molecule has 42 heavy (non-hydrogen) atoms. The summed E-state index contributed by atoms with van der Waals surface area (Å²) < 4.78 is 7.05. The van der Waals surface area contributed by atoms with Gasteiger partial charge in [-0.25, -0.2) is 4.98 Å². The van der Waals surface area contributed by atoms with Crippen molar-refractivity contribution in [1.82, 2.24) is 4.98 Å². The van der Waals surface area contributed by atoms with Crippen molar-refractivity contribution in [3.63, 3.8) is 0 Å². The molecule has 204 valence electrons. The van der Waals surface area contributed by atoms with Crippen molar-refractivity contribution in [3.05, 3.63) is 135 Å². The van der Waals surface area contributed by atoms with E-state index in [0.29, 0.717) is 32.9 Å². The third kappa shape index (κ3) is 3.21. The van der Waals surface area contributed by atoms with Crippen molar-refractivity contribution in [2.24, 2.45) is 0 Å². The van der Waals surface area contributed by atoms with Gasteiger partial charge in [0.05, 0.1) is 33.4 Å². The second-order valence-electron chi connectivity index (χ2n) is 10.8. The van der Waals surface area contributed by atoms with E-state index in [4.69, 9.17) is 9.40 Å². The molecule has 2 amide bonds. The smallest absolute Gasteiger partial charge is 0.297 e. The van der Waals surface area contributed by atoms with Gasteiger partial charge in [-0.2, -0.15) is 0 Å². The fourth-order valence-electron chi connectivity index (χ4n) is 6.26. The van der Waals surface area contributed by atoms with Gasteiger partial charge in [0.15, 0.2) is 16.1 Å². The average Bonchev–Trinajstić information content (AvgIpc) is 3.60. The third-order valence-electron chi connectivity index (χ3n) is 8.22. The van der Waals surface area contributed by atoms with Gasteiger partial charge >= 0.3 is 0 Å². The highest BCUT2D eigenvalue weighted by atomic mass is 32.1. The number of fused-ring (bicyclic) bond motifs is 6. The zero-order valence-electron chi connectivity index (χ0n) is 22.8. The number of aromatic nitrogens is 1. The van der Waals surface area contributed by atoms with Gasteiger partial charge in [-0.1, -0.05) is 77.6 Å². The van der Waals surface area contributed by atoms with Crippen LogP contribution in [-0.2, 0) is 16.9 Å². The minimum Gasteiger partial charge on any atom is -0.450 e. The van der Waals surface area contributed by atoms with Crippen molar-refractivity contribution in [2.75, 3.05) is 9.80 Å². The van der Waals surface area contributed by atoms with E-state index in [1.807, 2.05) is 80.6 Å². The standard InChI is InChI=1S/C34H23N3O4S/c1-19-11-14-21(15-12-19)18-36-25-9-5-4-8-23(25)34(32(36)40)28-29(38)22-7-3-6-10-26(22)41-30(28)31(39)37(34)33-35-24-16-13-20(2)17-27(24)42-33/h3-17H,18H2,1-2H3. The van der Waals surface area contributed by atoms with Gasteiger partial charge < -0.3 is 9.32 Å². The minimum absolute atomic E-state index is 0.0329. The van der Waals surface area contributed by atoms with Gasteiger partial charge in [-0.15, -0.1) is 0 Å². The van der Waals surface area contributed by atoms with Crippen LogP contribution in [0.4, 0.5) is 10.8 Å². The Morgan fingerprint density at radius 3 is 2.43 bits per heavy atom.